The van der Waals surface area contributed by atoms with Gasteiger partial charge in [0.1, 0.15) is 5.82 Å². The summed E-state index contributed by atoms with van der Waals surface area (Å²) in [6.45, 7) is 4.99. The van der Waals surface area contributed by atoms with E-state index in [1.54, 1.807) is 0 Å². The molecule has 0 spiro atoms. The van der Waals surface area contributed by atoms with Gasteiger partial charge in [-0.25, -0.2) is 0 Å². The Hall–Kier alpha value is -3.65. The third kappa shape index (κ3) is 4.22. The molecule has 5 rings (SSSR count). The van der Waals surface area contributed by atoms with Gasteiger partial charge in [0.05, 0.1) is 23.7 Å². The van der Waals surface area contributed by atoms with Crippen LogP contribution in [0.1, 0.15) is 27.5 Å². The average Bonchev–Trinajstić information content (AvgIpc) is 3.48. The van der Waals surface area contributed by atoms with E-state index in [1.165, 1.54) is 5.56 Å². The van der Waals surface area contributed by atoms with Gasteiger partial charge in [-0.3, -0.25) is 14.8 Å². The molecule has 32 heavy (non-hydrogen) atoms. The fraction of sp³-hybridized carbons (Fsp3) is 0.292. The number of aromatic amines is 1. The molecule has 2 aliphatic heterocycles. The number of nitrogens with two attached hydrogens (primary N) is 1. The van der Waals surface area contributed by atoms with Gasteiger partial charge in [-0.1, -0.05) is 30.3 Å². The molecular weight excluding hydrogens is 402 g/mol. The molecule has 1 saturated heterocycles. The van der Waals surface area contributed by atoms with E-state index in [0.29, 0.717) is 5.56 Å². The van der Waals surface area contributed by atoms with Crippen LogP contribution in [0.2, 0.25) is 0 Å². The van der Waals surface area contributed by atoms with Crippen LogP contribution in [0.25, 0.3) is 11.3 Å². The van der Waals surface area contributed by atoms with E-state index in [4.69, 9.17) is 5.73 Å². The Balaban J connectivity index is 1.35. The number of hydrazone groups is 1. The monoisotopic (exact) mass is 429 g/mol. The van der Waals surface area contributed by atoms with Crippen LogP contribution in [-0.2, 0) is 6.54 Å². The summed E-state index contributed by atoms with van der Waals surface area (Å²) in [5, 5.41) is 9.98. The summed E-state index contributed by atoms with van der Waals surface area (Å²) in [5.74, 6) is 0.496. The molecule has 1 aromatic carbocycles. The van der Waals surface area contributed by atoms with E-state index in [9.17, 15) is 4.79 Å². The summed E-state index contributed by atoms with van der Waals surface area (Å²) in [4.78, 5) is 22.3. The van der Waals surface area contributed by atoms with Crippen LogP contribution in [0, 0.1) is 0 Å². The van der Waals surface area contributed by atoms with E-state index in [-0.39, 0.29) is 5.92 Å². The fourth-order valence-electron chi connectivity index (χ4n) is 4.31. The third-order valence-electron chi connectivity index (χ3n) is 5.99. The number of hydrogen-bond acceptors (Lipinski definition) is 6. The molecule has 4 heterocycles. The SMILES string of the molecule is NC(=O)c1cc(-c2ccnc(C3C=NN(Cc4ccccc4)C3)c2)[nH]c1N1CCNCC1. The maximum atomic E-state index is 12.1. The quantitative estimate of drug-likeness (QED) is 0.557. The number of carbonyl (C=O) groups excluding carboxylic acids is 1. The lowest BCUT2D eigenvalue weighted by molar-refractivity contribution is 0.100. The zero-order chi connectivity index (χ0) is 21.9. The molecular formula is C24H27N7O. The minimum atomic E-state index is -0.421. The molecule has 1 atom stereocenters. The summed E-state index contributed by atoms with van der Waals surface area (Å²) in [5.41, 5.74) is 10.3. The Morgan fingerprint density at radius 1 is 1.12 bits per heavy atom. The number of nitrogens with one attached hydrogen (secondary N) is 2. The molecule has 0 bridgehead atoms. The van der Waals surface area contributed by atoms with Gasteiger partial charge in [-0.05, 0) is 23.8 Å². The largest absolute Gasteiger partial charge is 0.365 e. The number of rotatable bonds is 6. The fourth-order valence-corrected chi connectivity index (χ4v) is 4.31. The molecule has 2 aliphatic rings. The number of pyridine rings is 1. The van der Waals surface area contributed by atoms with Crippen molar-refractivity contribution in [3.05, 3.63) is 71.5 Å². The normalized spacial score (nSPS) is 18.3. The summed E-state index contributed by atoms with van der Waals surface area (Å²) < 4.78 is 0. The van der Waals surface area contributed by atoms with Gasteiger partial charge in [0, 0.05) is 56.4 Å². The highest BCUT2D eigenvalue weighted by Gasteiger charge is 2.23. The van der Waals surface area contributed by atoms with Gasteiger partial charge in [-0.2, -0.15) is 5.10 Å². The molecule has 1 unspecified atom stereocenters. The highest BCUT2D eigenvalue weighted by molar-refractivity contribution is 5.99. The van der Waals surface area contributed by atoms with Crippen LogP contribution >= 0.6 is 0 Å². The van der Waals surface area contributed by atoms with Crippen molar-refractivity contribution in [2.24, 2.45) is 10.8 Å². The second-order valence-electron chi connectivity index (χ2n) is 8.22. The summed E-state index contributed by atoms with van der Waals surface area (Å²) in [6.07, 6.45) is 3.78. The minimum absolute atomic E-state index is 0.122. The Morgan fingerprint density at radius 2 is 1.94 bits per heavy atom. The Labute approximate surface area is 187 Å². The first kappa shape index (κ1) is 20.3. The van der Waals surface area contributed by atoms with Crippen molar-refractivity contribution in [3.63, 3.8) is 0 Å². The number of aromatic nitrogens is 2. The van der Waals surface area contributed by atoms with E-state index >= 15 is 0 Å². The molecule has 0 radical (unpaired) electrons. The van der Waals surface area contributed by atoms with E-state index in [1.807, 2.05) is 42.7 Å². The highest BCUT2D eigenvalue weighted by atomic mass is 16.1. The van der Waals surface area contributed by atoms with Crippen LogP contribution < -0.4 is 16.0 Å². The number of anilines is 1. The van der Waals surface area contributed by atoms with Crippen LogP contribution in [0.15, 0.2) is 59.8 Å². The summed E-state index contributed by atoms with van der Waals surface area (Å²) in [6, 6.07) is 16.2. The molecule has 8 nitrogen and oxygen atoms in total. The number of hydrogen-bond donors (Lipinski definition) is 3. The second kappa shape index (κ2) is 8.84. The Bertz CT molecular complexity index is 1120. The second-order valence-corrected chi connectivity index (χ2v) is 8.22. The predicted octanol–water partition coefficient (Wildman–Crippen LogP) is 2.17. The Kier molecular flexibility index (Phi) is 5.60. The van der Waals surface area contributed by atoms with Crippen LogP contribution in [0.5, 0.6) is 0 Å². The van der Waals surface area contributed by atoms with E-state index < -0.39 is 5.91 Å². The maximum absolute atomic E-state index is 12.1. The number of piperazine rings is 1. The average molecular weight is 430 g/mol. The molecule has 3 aromatic rings. The van der Waals surface area contributed by atoms with E-state index in [0.717, 1.165) is 62.0 Å². The van der Waals surface area contributed by atoms with Crippen molar-refractivity contribution < 1.29 is 4.79 Å². The molecule has 2 aromatic heterocycles. The molecule has 0 aliphatic carbocycles. The predicted molar refractivity (Wildman–Crippen MR) is 126 cm³/mol. The van der Waals surface area contributed by atoms with Crippen LogP contribution in [0.3, 0.4) is 0 Å². The van der Waals surface area contributed by atoms with Crippen molar-refractivity contribution in [2.75, 3.05) is 37.6 Å². The summed E-state index contributed by atoms with van der Waals surface area (Å²) >= 11 is 0. The lowest BCUT2D eigenvalue weighted by Gasteiger charge is -2.28. The van der Waals surface area contributed by atoms with Crippen molar-refractivity contribution in [2.45, 2.75) is 12.5 Å². The molecule has 1 amide bonds. The topological polar surface area (TPSA) is 103 Å². The van der Waals surface area contributed by atoms with Gasteiger partial charge in [0.15, 0.2) is 0 Å². The summed E-state index contributed by atoms with van der Waals surface area (Å²) in [7, 11) is 0. The van der Waals surface area contributed by atoms with Gasteiger partial charge in [0.25, 0.3) is 5.91 Å². The number of primary amides is 1. The zero-order valence-corrected chi connectivity index (χ0v) is 17.9. The maximum Gasteiger partial charge on any atom is 0.252 e. The van der Waals surface area contributed by atoms with E-state index in [2.05, 4.69) is 48.5 Å². The van der Waals surface area contributed by atoms with Gasteiger partial charge in [0.2, 0.25) is 0 Å². The standard InChI is InChI=1S/C24H27N7O/c25-23(32)20-13-22(29-24(20)30-10-8-26-9-11-30)18-6-7-27-21(12-18)19-14-28-31(16-19)15-17-4-2-1-3-5-17/h1-7,12-14,19,26,29H,8-11,15-16H2,(H2,25,32). The molecule has 0 saturated carbocycles. The number of amides is 1. The zero-order valence-electron chi connectivity index (χ0n) is 17.9. The lowest BCUT2D eigenvalue weighted by Crippen LogP contribution is -2.44. The highest BCUT2D eigenvalue weighted by Crippen LogP contribution is 2.30. The third-order valence-corrected chi connectivity index (χ3v) is 5.99. The minimum Gasteiger partial charge on any atom is -0.365 e. The van der Waals surface area contributed by atoms with Crippen LogP contribution in [-0.4, -0.2) is 59.8 Å². The number of H-pyrrole nitrogens is 1. The van der Waals surface area contributed by atoms with Crippen molar-refractivity contribution in [1.29, 1.82) is 0 Å². The van der Waals surface area contributed by atoms with Gasteiger partial charge < -0.3 is 20.9 Å². The lowest BCUT2D eigenvalue weighted by atomic mass is 10.0. The van der Waals surface area contributed by atoms with Crippen molar-refractivity contribution >= 4 is 17.9 Å². The first-order valence-electron chi connectivity index (χ1n) is 10.9. The first-order chi connectivity index (χ1) is 15.7. The molecule has 1 fully saturated rings. The van der Waals surface area contributed by atoms with Crippen LogP contribution in [0.4, 0.5) is 5.82 Å². The molecule has 4 N–H and O–H groups in total. The van der Waals surface area contributed by atoms with Gasteiger partial charge >= 0.3 is 0 Å². The first-order valence-corrected chi connectivity index (χ1v) is 10.9. The molecule has 8 heteroatoms. The number of carbonyl (C=O) groups is 1. The number of nitrogens with zero attached hydrogens (tertiary/aromatic N) is 4. The van der Waals surface area contributed by atoms with Gasteiger partial charge in [-0.15, -0.1) is 0 Å². The Morgan fingerprint density at radius 3 is 2.72 bits per heavy atom. The van der Waals surface area contributed by atoms with Crippen molar-refractivity contribution in [1.82, 2.24) is 20.3 Å². The molecule has 164 valence electrons. The number of benzene rings is 1. The smallest absolute Gasteiger partial charge is 0.252 e. The van der Waals surface area contributed by atoms with Crippen molar-refractivity contribution in [3.8, 4) is 11.3 Å².